The molecule has 0 aromatic heterocycles. The predicted octanol–water partition coefficient (Wildman–Crippen LogP) is 0.689. The SMILES string of the molecule is [NH3+]c1ccc2c(c1)CCC2=O. The van der Waals surface area contributed by atoms with Gasteiger partial charge in [0.05, 0.1) is 0 Å². The number of ketones is 1. The fourth-order valence-corrected chi connectivity index (χ4v) is 1.51. The Morgan fingerprint density at radius 1 is 1.27 bits per heavy atom. The molecule has 2 nitrogen and oxygen atoms in total. The molecule has 0 bridgehead atoms. The first-order valence-electron chi connectivity index (χ1n) is 3.75. The summed E-state index contributed by atoms with van der Waals surface area (Å²) < 4.78 is 0. The first-order valence-corrected chi connectivity index (χ1v) is 3.75. The molecule has 3 N–H and O–H groups in total. The number of hydrogen-bond acceptors (Lipinski definition) is 1. The lowest BCUT2D eigenvalue weighted by Gasteiger charge is -1.94. The van der Waals surface area contributed by atoms with Gasteiger partial charge in [0.25, 0.3) is 0 Å². The zero-order valence-corrected chi connectivity index (χ0v) is 6.26. The van der Waals surface area contributed by atoms with Gasteiger partial charge in [0, 0.05) is 18.1 Å². The van der Waals surface area contributed by atoms with E-state index in [1.54, 1.807) is 0 Å². The fraction of sp³-hybridized carbons (Fsp3) is 0.222. The van der Waals surface area contributed by atoms with Gasteiger partial charge in [-0.25, -0.2) is 0 Å². The van der Waals surface area contributed by atoms with Gasteiger partial charge in [-0.05, 0) is 24.1 Å². The number of benzene rings is 1. The van der Waals surface area contributed by atoms with E-state index < -0.39 is 0 Å². The summed E-state index contributed by atoms with van der Waals surface area (Å²) in [5.74, 6) is 0.278. The van der Waals surface area contributed by atoms with E-state index in [1.165, 1.54) is 5.56 Å². The highest BCUT2D eigenvalue weighted by atomic mass is 16.1. The zero-order valence-electron chi connectivity index (χ0n) is 6.26. The van der Waals surface area contributed by atoms with E-state index in [0.29, 0.717) is 6.42 Å². The van der Waals surface area contributed by atoms with Crippen LogP contribution >= 0.6 is 0 Å². The Morgan fingerprint density at radius 2 is 2.09 bits per heavy atom. The summed E-state index contributed by atoms with van der Waals surface area (Å²) in [6, 6.07) is 5.77. The Morgan fingerprint density at radius 3 is 2.91 bits per heavy atom. The molecule has 2 rings (SSSR count). The second-order valence-electron chi connectivity index (χ2n) is 2.91. The second-order valence-corrected chi connectivity index (χ2v) is 2.91. The van der Waals surface area contributed by atoms with Crippen molar-refractivity contribution in [3.63, 3.8) is 0 Å². The molecule has 1 aromatic rings. The molecule has 56 valence electrons. The Labute approximate surface area is 65.0 Å². The van der Waals surface area contributed by atoms with Crippen LogP contribution in [0, 0.1) is 0 Å². The van der Waals surface area contributed by atoms with Gasteiger partial charge in [0.15, 0.2) is 5.78 Å². The van der Waals surface area contributed by atoms with Crippen LogP contribution in [0.1, 0.15) is 22.3 Å². The summed E-state index contributed by atoms with van der Waals surface area (Å²) in [7, 11) is 0. The zero-order chi connectivity index (χ0) is 7.84. The number of rotatable bonds is 0. The Hall–Kier alpha value is -1.15. The molecular formula is C9H10NO+. The molecule has 0 amide bonds. The molecule has 0 aliphatic heterocycles. The lowest BCUT2D eigenvalue weighted by atomic mass is 10.1. The van der Waals surface area contributed by atoms with Gasteiger partial charge in [-0.15, -0.1) is 0 Å². The monoisotopic (exact) mass is 148 g/mol. The van der Waals surface area contributed by atoms with Gasteiger partial charge in [-0.1, -0.05) is 0 Å². The number of aryl methyl sites for hydroxylation is 1. The summed E-state index contributed by atoms with van der Waals surface area (Å²) in [5.41, 5.74) is 6.88. The maximum atomic E-state index is 11.2. The third-order valence-electron chi connectivity index (χ3n) is 2.09. The molecule has 0 spiro atoms. The summed E-state index contributed by atoms with van der Waals surface area (Å²) in [6.45, 7) is 0. The molecule has 1 aromatic carbocycles. The summed E-state index contributed by atoms with van der Waals surface area (Å²) in [5, 5.41) is 0. The molecule has 0 saturated heterocycles. The van der Waals surface area contributed by atoms with Gasteiger partial charge in [-0.3, -0.25) is 4.79 Å². The summed E-state index contributed by atoms with van der Waals surface area (Å²) >= 11 is 0. The number of fused-ring (bicyclic) bond motifs is 1. The van der Waals surface area contributed by atoms with Crippen LogP contribution in [-0.4, -0.2) is 5.78 Å². The highest BCUT2D eigenvalue weighted by Crippen LogP contribution is 2.22. The first kappa shape index (κ1) is 6.55. The van der Waals surface area contributed by atoms with Crippen LogP contribution in [0.25, 0.3) is 0 Å². The van der Waals surface area contributed by atoms with Crippen LogP contribution < -0.4 is 5.73 Å². The molecule has 1 aliphatic carbocycles. The van der Waals surface area contributed by atoms with Crippen molar-refractivity contribution in [2.75, 3.05) is 0 Å². The maximum Gasteiger partial charge on any atom is 0.163 e. The van der Waals surface area contributed by atoms with Crippen molar-refractivity contribution < 1.29 is 10.5 Å². The van der Waals surface area contributed by atoms with Crippen molar-refractivity contribution in [3.05, 3.63) is 29.3 Å². The normalized spacial score (nSPS) is 15.2. The molecule has 0 unspecified atom stereocenters. The van der Waals surface area contributed by atoms with E-state index in [0.717, 1.165) is 17.7 Å². The Bertz CT molecular complexity index is 317. The van der Waals surface area contributed by atoms with Gasteiger partial charge in [0.2, 0.25) is 0 Å². The second kappa shape index (κ2) is 2.17. The predicted molar refractivity (Wildman–Crippen MR) is 41.6 cm³/mol. The maximum absolute atomic E-state index is 11.2. The third kappa shape index (κ3) is 0.955. The Kier molecular flexibility index (Phi) is 1.29. The van der Waals surface area contributed by atoms with Crippen LogP contribution in [0.2, 0.25) is 0 Å². The van der Waals surface area contributed by atoms with E-state index in [2.05, 4.69) is 5.73 Å². The topological polar surface area (TPSA) is 44.7 Å². The Balaban J connectivity index is 2.59. The van der Waals surface area contributed by atoms with E-state index in [4.69, 9.17) is 0 Å². The van der Waals surface area contributed by atoms with E-state index in [9.17, 15) is 4.79 Å². The molecule has 1 aliphatic rings. The number of Topliss-reactive ketones (excluding diaryl/α,β-unsaturated/α-hetero) is 1. The van der Waals surface area contributed by atoms with E-state index in [1.807, 2.05) is 18.2 Å². The molecule has 0 saturated carbocycles. The largest absolute Gasteiger partial charge is 0.325 e. The molecule has 0 fully saturated rings. The fourth-order valence-electron chi connectivity index (χ4n) is 1.51. The van der Waals surface area contributed by atoms with Crippen molar-refractivity contribution in [2.24, 2.45) is 0 Å². The highest BCUT2D eigenvalue weighted by Gasteiger charge is 2.18. The van der Waals surface area contributed by atoms with E-state index in [-0.39, 0.29) is 5.78 Å². The summed E-state index contributed by atoms with van der Waals surface area (Å²) in [6.07, 6.45) is 1.58. The molecule has 0 atom stereocenters. The van der Waals surface area contributed by atoms with Gasteiger partial charge >= 0.3 is 0 Å². The number of carbonyl (C=O) groups is 1. The van der Waals surface area contributed by atoms with Crippen LogP contribution in [0.15, 0.2) is 18.2 Å². The number of hydrogen-bond donors (Lipinski definition) is 1. The quantitative estimate of drug-likeness (QED) is 0.578. The standard InChI is InChI=1S/C9H9NO/c10-7-2-3-8-6(5-7)1-4-9(8)11/h2-3,5H,1,4,10H2/p+1. The minimum Gasteiger partial charge on any atom is -0.325 e. The molecule has 0 radical (unpaired) electrons. The van der Waals surface area contributed by atoms with Crippen LogP contribution in [0.3, 0.4) is 0 Å². The van der Waals surface area contributed by atoms with Crippen LogP contribution in [-0.2, 0) is 6.42 Å². The number of carbonyl (C=O) groups excluding carboxylic acids is 1. The average Bonchev–Trinajstić information content (AvgIpc) is 2.32. The van der Waals surface area contributed by atoms with Crippen molar-refractivity contribution in [1.82, 2.24) is 0 Å². The molecule has 11 heavy (non-hydrogen) atoms. The molecule has 0 heterocycles. The van der Waals surface area contributed by atoms with Gasteiger partial charge in [-0.2, -0.15) is 0 Å². The lowest BCUT2D eigenvalue weighted by molar-refractivity contribution is -0.254. The highest BCUT2D eigenvalue weighted by molar-refractivity contribution is 6.00. The smallest absolute Gasteiger partial charge is 0.163 e. The third-order valence-corrected chi connectivity index (χ3v) is 2.09. The van der Waals surface area contributed by atoms with Crippen LogP contribution in [0.4, 0.5) is 5.69 Å². The summed E-state index contributed by atoms with van der Waals surface area (Å²) in [4.78, 5) is 11.2. The van der Waals surface area contributed by atoms with Crippen LogP contribution in [0.5, 0.6) is 0 Å². The minimum atomic E-state index is 0.278. The minimum absolute atomic E-state index is 0.278. The van der Waals surface area contributed by atoms with Crippen molar-refractivity contribution in [1.29, 1.82) is 0 Å². The van der Waals surface area contributed by atoms with Crippen molar-refractivity contribution >= 4 is 11.5 Å². The molecule has 2 heteroatoms. The van der Waals surface area contributed by atoms with Gasteiger partial charge < -0.3 is 5.73 Å². The number of quaternary nitrogens is 1. The average molecular weight is 148 g/mol. The first-order chi connectivity index (χ1) is 5.27. The van der Waals surface area contributed by atoms with E-state index >= 15 is 0 Å². The van der Waals surface area contributed by atoms with Crippen molar-refractivity contribution in [2.45, 2.75) is 12.8 Å². The molecular weight excluding hydrogens is 138 g/mol. The lowest BCUT2D eigenvalue weighted by Crippen LogP contribution is -2.40. The van der Waals surface area contributed by atoms with Gasteiger partial charge in [0.1, 0.15) is 5.69 Å². The van der Waals surface area contributed by atoms with Crippen molar-refractivity contribution in [3.8, 4) is 0 Å².